The van der Waals surface area contributed by atoms with Gasteiger partial charge in [-0.25, -0.2) is 4.39 Å². The van der Waals surface area contributed by atoms with Crippen LogP contribution in [0.4, 0.5) is 17.6 Å². The molecule has 1 unspecified atom stereocenters. The van der Waals surface area contributed by atoms with Gasteiger partial charge in [0.15, 0.2) is 0 Å². The normalized spacial score (nSPS) is 13.4. The van der Waals surface area contributed by atoms with Gasteiger partial charge in [0.2, 0.25) is 0 Å². The summed E-state index contributed by atoms with van der Waals surface area (Å²) >= 11 is 1.64. The van der Waals surface area contributed by atoms with Crippen molar-refractivity contribution in [3.8, 4) is 0 Å². The zero-order chi connectivity index (χ0) is 15.5. The Labute approximate surface area is 124 Å². The summed E-state index contributed by atoms with van der Waals surface area (Å²) in [6.45, 7) is 0. The molecule has 1 aromatic carbocycles. The van der Waals surface area contributed by atoms with E-state index in [0.29, 0.717) is 12.0 Å². The van der Waals surface area contributed by atoms with Crippen molar-refractivity contribution in [2.45, 2.75) is 31.5 Å². The van der Waals surface area contributed by atoms with E-state index in [9.17, 15) is 17.6 Å². The SMILES string of the molecule is NC(CCCc1cccs1)c1ccc(F)c(C(F)(F)F)c1. The molecule has 0 bridgehead atoms. The molecule has 1 aromatic heterocycles. The number of hydrogen-bond acceptors (Lipinski definition) is 2. The molecule has 2 rings (SSSR count). The summed E-state index contributed by atoms with van der Waals surface area (Å²) in [5.41, 5.74) is 4.97. The number of benzene rings is 1. The van der Waals surface area contributed by atoms with Crippen molar-refractivity contribution in [3.63, 3.8) is 0 Å². The molecule has 21 heavy (non-hydrogen) atoms. The van der Waals surface area contributed by atoms with Gasteiger partial charge < -0.3 is 5.73 Å². The summed E-state index contributed by atoms with van der Waals surface area (Å²) in [5.74, 6) is -1.27. The van der Waals surface area contributed by atoms with Gasteiger partial charge in [0.05, 0.1) is 5.56 Å². The number of alkyl halides is 3. The molecule has 0 radical (unpaired) electrons. The maximum Gasteiger partial charge on any atom is 0.419 e. The fourth-order valence-electron chi connectivity index (χ4n) is 2.11. The number of hydrogen-bond donors (Lipinski definition) is 1. The van der Waals surface area contributed by atoms with Crippen LogP contribution in [0.1, 0.15) is 34.9 Å². The third-order valence-corrected chi connectivity index (χ3v) is 4.18. The Hall–Kier alpha value is -1.40. The summed E-state index contributed by atoms with van der Waals surface area (Å²) in [6.07, 6.45) is -2.52. The number of rotatable bonds is 5. The largest absolute Gasteiger partial charge is 0.419 e. The standard InChI is InChI=1S/C15H15F4NS/c16-13-7-6-10(9-12(13)15(17,18)19)14(20)5-1-3-11-4-2-8-21-11/h2,4,6-9,14H,1,3,5,20H2. The Bertz CT molecular complexity index is 578. The minimum atomic E-state index is -4.70. The molecule has 0 amide bonds. The van der Waals surface area contributed by atoms with Crippen molar-refractivity contribution in [1.29, 1.82) is 0 Å². The molecular formula is C15H15F4NS. The van der Waals surface area contributed by atoms with Gasteiger partial charge in [-0.1, -0.05) is 12.1 Å². The first-order valence-electron chi connectivity index (χ1n) is 6.52. The van der Waals surface area contributed by atoms with Crippen molar-refractivity contribution in [2.75, 3.05) is 0 Å². The monoisotopic (exact) mass is 317 g/mol. The number of thiophene rings is 1. The van der Waals surface area contributed by atoms with Crippen LogP contribution in [0.15, 0.2) is 35.7 Å². The van der Waals surface area contributed by atoms with E-state index in [1.54, 1.807) is 11.3 Å². The van der Waals surface area contributed by atoms with Gasteiger partial charge in [0.25, 0.3) is 0 Å². The topological polar surface area (TPSA) is 26.0 Å². The zero-order valence-corrected chi connectivity index (χ0v) is 12.0. The van der Waals surface area contributed by atoms with Gasteiger partial charge in [0.1, 0.15) is 5.82 Å². The minimum absolute atomic E-state index is 0.315. The van der Waals surface area contributed by atoms with Crippen molar-refractivity contribution < 1.29 is 17.6 Å². The van der Waals surface area contributed by atoms with Crippen LogP contribution >= 0.6 is 11.3 Å². The molecule has 0 saturated carbocycles. The predicted octanol–water partition coefficient (Wildman–Crippen LogP) is 4.93. The van der Waals surface area contributed by atoms with E-state index in [2.05, 4.69) is 0 Å². The summed E-state index contributed by atoms with van der Waals surface area (Å²) in [5, 5.41) is 1.98. The van der Waals surface area contributed by atoms with E-state index in [-0.39, 0.29) is 0 Å². The Balaban J connectivity index is 2.00. The number of halogens is 4. The van der Waals surface area contributed by atoms with E-state index in [0.717, 1.165) is 25.0 Å². The summed E-state index contributed by atoms with van der Waals surface area (Å²) in [4.78, 5) is 1.22. The molecule has 1 nitrogen and oxygen atoms in total. The van der Waals surface area contributed by atoms with Crippen LogP contribution < -0.4 is 5.73 Å². The third kappa shape index (κ3) is 4.28. The third-order valence-electron chi connectivity index (χ3n) is 3.24. The molecular weight excluding hydrogens is 302 g/mol. The van der Waals surface area contributed by atoms with E-state index < -0.39 is 23.6 Å². The van der Waals surface area contributed by atoms with E-state index in [4.69, 9.17) is 5.73 Å². The average molecular weight is 317 g/mol. The molecule has 0 aliphatic heterocycles. The second kappa shape index (κ2) is 6.58. The van der Waals surface area contributed by atoms with Crippen LogP contribution in [0.25, 0.3) is 0 Å². The van der Waals surface area contributed by atoms with Gasteiger partial charge in [-0.15, -0.1) is 11.3 Å². The quantitative estimate of drug-likeness (QED) is 0.778. The van der Waals surface area contributed by atoms with Crippen molar-refractivity contribution in [2.24, 2.45) is 5.73 Å². The fraction of sp³-hybridized carbons (Fsp3) is 0.333. The minimum Gasteiger partial charge on any atom is -0.324 e. The highest BCUT2D eigenvalue weighted by molar-refractivity contribution is 7.09. The predicted molar refractivity (Wildman–Crippen MR) is 75.6 cm³/mol. The van der Waals surface area contributed by atoms with Crippen LogP contribution in [0.2, 0.25) is 0 Å². The molecule has 6 heteroatoms. The Morgan fingerprint density at radius 3 is 2.57 bits per heavy atom. The van der Waals surface area contributed by atoms with E-state index in [1.165, 1.54) is 10.9 Å². The highest BCUT2D eigenvalue weighted by atomic mass is 32.1. The molecule has 0 saturated heterocycles. The van der Waals surface area contributed by atoms with Crippen LogP contribution in [0, 0.1) is 5.82 Å². The first-order chi connectivity index (χ1) is 9.88. The Kier molecular flexibility index (Phi) is 5.00. The number of aryl methyl sites for hydroxylation is 1. The second-order valence-electron chi connectivity index (χ2n) is 4.82. The molecule has 0 spiro atoms. The molecule has 1 atom stereocenters. The van der Waals surface area contributed by atoms with Crippen molar-refractivity contribution >= 4 is 11.3 Å². The van der Waals surface area contributed by atoms with E-state index >= 15 is 0 Å². The van der Waals surface area contributed by atoms with Gasteiger partial charge in [-0.05, 0) is 48.4 Å². The lowest BCUT2D eigenvalue weighted by atomic mass is 9.99. The van der Waals surface area contributed by atoms with E-state index in [1.807, 2.05) is 17.5 Å². The average Bonchev–Trinajstić information content (AvgIpc) is 2.91. The molecule has 114 valence electrons. The van der Waals surface area contributed by atoms with Gasteiger partial charge in [0, 0.05) is 10.9 Å². The smallest absolute Gasteiger partial charge is 0.324 e. The van der Waals surface area contributed by atoms with Crippen molar-refractivity contribution in [3.05, 3.63) is 57.5 Å². The summed E-state index contributed by atoms with van der Waals surface area (Å²) < 4.78 is 51.2. The molecule has 0 aliphatic rings. The second-order valence-corrected chi connectivity index (χ2v) is 5.85. The van der Waals surface area contributed by atoms with Crippen LogP contribution in [0.3, 0.4) is 0 Å². The zero-order valence-electron chi connectivity index (χ0n) is 11.2. The Morgan fingerprint density at radius 1 is 1.19 bits per heavy atom. The lowest BCUT2D eigenvalue weighted by Gasteiger charge is -2.15. The lowest BCUT2D eigenvalue weighted by Crippen LogP contribution is -2.14. The first-order valence-corrected chi connectivity index (χ1v) is 7.40. The maximum atomic E-state index is 13.2. The van der Waals surface area contributed by atoms with Gasteiger partial charge >= 0.3 is 6.18 Å². The molecule has 0 fully saturated rings. The van der Waals surface area contributed by atoms with Crippen molar-refractivity contribution in [1.82, 2.24) is 0 Å². The molecule has 2 N–H and O–H groups in total. The maximum absolute atomic E-state index is 13.2. The lowest BCUT2D eigenvalue weighted by molar-refractivity contribution is -0.140. The first kappa shape index (κ1) is 16.0. The summed E-state index contributed by atoms with van der Waals surface area (Å²) in [6, 6.07) is 6.40. The fourth-order valence-corrected chi connectivity index (χ4v) is 2.86. The molecule has 2 aromatic rings. The van der Waals surface area contributed by atoms with Crippen LogP contribution in [-0.2, 0) is 12.6 Å². The number of nitrogens with two attached hydrogens (primary N) is 1. The Morgan fingerprint density at radius 2 is 1.95 bits per heavy atom. The molecule has 0 aliphatic carbocycles. The van der Waals surface area contributed by atoms with Crippen LogP contribution in [0.5, 0.6) is 0 Å². The van der Waals surface area contributed by atoms with Gasteiger partial charge in [-0.3, -0.25) is 0 Å². The van der Waals surface area contributed by atoms with Crippen LogP contribution in [-0.4, -0.2) is 0 Å². The highest BCUT2D eigenvalue weighted by Gasteiger charge is 2.34. The highest BCUT2D eigenvalue weighted by Crippen LogP contribution is 2.33. The summed E-state index contributed by atoms with van der Waals surface area (Å²) in [7, 11) is 0. The van der Waals surface area contributed by atoms with Gasteiger partial charge in [-0.2, -0.15) is 13.2 Å². The molecule has 1 heterocycles.